The summed E-state index contributed by atoms with van der Waals surface area (Å²) in [5, 5.41) is 3.47. The second-order valence-electron chi connectivity index (χ2n) is 8.97. The van der Waals surface area contributed by atoms with E-state index in [0.29, 0.717) is 22.9 Å². The van der Waals surface area contributed by atoms with Gasteiger partial charge in [-0.05, 0) is 62.7 Å². The van der Waals surface area contributed by atoms with E-state index in [0.717, 1.165) is 31.9 Å². The molecule has 1 aliphatic rings. The molecule has 6 heteroatoms. The van der Waals surface area contributed by atoms with Crippen molar-refractivity contribution in [1.82, 2.24) is 15.2 Å². The molecule has 3 aromatic rings. The highest BCUT2D eigenvalue weighted by Crippen LogP contribution is 2.23. The second kappa shape index (κ2) is 10.2. The maximum Gasteiger partial charge on any atom is 0.260 e. The number of pyridine rings is 1. The predicted octanol–water partition coefficient (Wildman–Crippen LogP) is 4.74. The van der Waals surface area contributed by atoms with E-state index in [1.54, 1.807) is 35.4 Å². The van der Waals surface area contributed by atoms with Gasteiger partial charge in [0.25, 0.3) is 5.91 Å². The second-order valence-corrected chi connectivity index (χ2v) is 8.97. The Bertz CT molecular complexity index is 1080. The van der Waals surface area contributed by atoms with E-state index in [4.69, 9.17) is 0 Å². The Kier molecular flexibility index (Phi) is 7.16. The number of halogens is 1. The van der Waals surface area contributed by atoms with Gasteiger partial charge < -0.3 is 10.2 Å². The van der Waals surface area contributed by atoms with Crippen LogP contribution < -0.4 is 10.2 Å². The minimum absolute atomic E-state index is 0.0136. The fourth-order valence-corrected chi connectivity index (χ4v) is 4.30. The van der Waals surface area contributed by atoms with Gasteiger partial charge in [0.1, 0.15) is 5.82 Å². The molecule has 1 aromatic heterocycles. The third kappa shape index (κ3) is 5.64. The van der Waals surface area contributed by atoms with Crippen molar-refractivity contribution in [1.29, 1.82) is 0 Å². The summed E-state index contributed by atoms with van der Waals surface area (Å²) >= 11 is 0. The van der Waals surface area contributed by atoms with Crippen molar-refractivity contribution >= 4 is 11.6 Å². The number of hydrogen-bond donors (Lipinski definition) is 1. The molecule has 4 rings (SSSR count). The quantitative estimate of drug-likeness (QED) is 0.594. The predicted molar refractivity (Wildman–Crippen MR) is 131 cm³/mol. The van der Waals surface area contributed by atoms with Crippen LogP contribution in [0.4, 0.5) is 10.1 Å². The smallest absolute Gasteiger partial charge is 0.260 e. The van der Waals surface area contributed by atoms with Gasteiger partial charge >= 0.3 is 0 Å². The van der Waals surface area contributed by atoms with E-state index in [1.807, 2.05) is 26.0 Å². The summed E-state index contributed by atoms with van der Waals surface area (Å²) in [6, 6.07) is 18.6. The first-order valence-electron chi connectivity index (χ1n) is 11.5. The van der Waals surface area contributed by atoms with E-state index >= 15 is 0 Å². The van der Waals surface area contributed by atoms with Gasteiger partial charge in [-0.25, -0.2) is 4.39 Å². The fourth-order valence-electron chi connectivity index (χ4n) is 4.30. The molecule has 1 amide bonds. The summed E-state index contributed by atoms with van der Waals surface area (Å²) in [6.07, 6.45) is 1.57. The van der Waals surface area contributed by atoms with Crippen LogP contribution in [0.5, 0.6) is 0 Å². The van der Waals surface area contributed by atoms with Crippen molar-refractivity contribution in [2.75, 3.05) is 24.5 Å². The molecule has 1 aliphatic heterocycles. The molecule has 1 fully saturated rings. The lowest BCUT2D eigenvalue weighted by atomic mass is 10.1. The SMILES string of the molecule is CC(C)N(C(=O)c1ccc(-c2cccc(F)c2)nc1)c1ccc(CN2CCN[C@@H](C)C2)cc1. The van der Waals surface area contributed by atoms with Gasteiger partial charge in [-0.15, -0.1) is 0 Å². The number of benzene rings is 2. The van der Waals surface area contributed by atoms with Crippen LogP contribution in [0.25, 0.3) is 11.3 Å². The molecule has 33 heavy (non-hydrogen) atoms. The molecule has 1 atom stereocenters. The summed E-state index contributed by atoms with van der Waals surface area (Å²) in [7, 11) is 0. The molecule has 0 spiro atoms. The maximum atomic E-state index is 13.5. The third-order valence-corrected chi connectivity index (χ3v) is 5.94. The Balaban J connectivity index is 1.49. The van der Waals surface area contributed by atoms with Crippen molar-refractivity contribution in [3.8, 4) is 11.3 Å². The number of aromatic nitrogens is 1. The third-order valence-electron chi connectivity index (χ3n) is 5.94. The standard InChI is InChI=1S/C27H31FN4O/c1-19(2)32(25-10-7-21(8-11-25)18-31-14-13-29-20(3)17-31)27(33)23-9-12-26(30-16-23)22-5-4-6-24(28)15-22/h4-12,15-16,19-20,29H,13-14,17-18H2,1-3H3/t20-/m0/s1. The summed E-state index contributed by atoms with van der Waals surface area (Å²) in [6.45, 7) is 10.2. The first-order valence-corrected chi connectivity index (χ1v) is 11.5. The lowest BCUT2D eigenvalue weighted by Crippen LogP contribution is -2.48. The first kappa shape index (κ1) is 23.1. The minimum Gasteiger partial charge on any atom is -0.312 e. The summed E-state index contributed by atoms with van der Waals surface area (Å²) in [5.41, 5.74) is 3.92. The molecule has 1 N–H and O–H groups in total. The van der Waals surface area contributed by atoms with Crippen LogP contribution in [0.1, 0.15) is 36.7 Å². The molecule has 172 valence electrons. The minimum atomic E-state index is -0.310. The first-order chi connectivity index (χ1) is 15.9. The van der Waals surface area contributed by atoms with E-state index in [2.05, 4.69) is 34.3 Å². The average molecular weight is 447 g/mol. The average Bonchev–Trinajstić information content (AvgIpc) is 2.80. The number of anilines is 1. The van der Waals surface area contributed by atoms with Gasteiger partial charge in [0, 0.05) is 55.7 Å². The Labute approximate surface area is 195 Å². The van der Waals surface area contributed by atoms with E-state index in [1.165, 1.54) is 17.7 Å². The van der Waals surface area contributed by atoms with Gasteiger partial charge in [-0.1, -0.05) is 24.3 Å². The van der Waals surface area contributed by atoms with Crippen LogP contribution in [0.15, 0.2) is 66.9 Å². The normalized spacial score (nSPS) is 16.7. The fraction of sp³-hybridized carbons (Fsp3) is 0.333. The van der Waals surface area contributed by atoms with Crippen molar-refractivity contribution in [2.45, 2.75) is 39.4 Å². The van der Waals surface area contributed by atoms with Crippen molar-refractivity contribution in [3.63, 3.8) is 0 Å². The van der Waals surface area contributed by atoms with E-state index < -0.39 is 0 Å². The lowest BCUT2D eigenvalue weighted by molar-refractivity contribution is 0.0980. The number of piperazine rings is 1. The Morgan fingerprint density at radius 3 is 2.61 bits per heavy atom. The molecule has 1 saturated heterocycles. The maximum absolute atomic E-state index is 13.5. The molecule has 0 saturated carbocycles. The zero-order chi connectivity index (χ0) is 23.4. The van der Waals surface area contributed by atoms with Crippen LogP contribution in [-0.4, -0.2) is 47.5 Å². The van der Waals surface area contributed by atoms with Gasteiger partial charge in [0.05, 0.1) is 11.3 Å². The molecule has 2 heterocycles. The molecular formula is C27H31FN4O. The topological polar surface area (TPSA) is 48.5 Å². The zero-order valence-corrected chi connectivity index (χ0v) is 19.5. The van der Waals surface area contributed by atoms with Gasteiger partial charge in [-0.3, -0.25) is 14.7 Å². The zero-order valence-electron chi connectivity index (χ0n) is 19.5. The highest BCUT2D eigenvalue weighted by atomic mass is 19.1. The highest BCUT2D eigenvalue weighted by molar-refractivity contribution is 6.06. The molecule has 5 nitrogen and oxygen atoms in total. The molecule has 0 radical (unpaired) electrons. The molecule has 0 aliphatic carbocycles. The number of carbonyl (C=O) groups is 1. The number of carbonyl (C=O) groups excluding carboxylic acids is 1. The summed E-state index contributed by atoms with van der Waals surface area (Å²) in [4.78, 5) is 22.0. The van der Waals surface area contributed by atoms with Crippen LogP contribution in [0.3, 0.4) is 0 Å². The summed E-state index contributed by atoms with van der Waals surface area (Å²) in [5.74, 6) is -0.415. The number of rotatable bonds is 6. The summed E-state index contributed by atoms with van der Waals surface area (Å²) < 4.78 is 13.5. The largest absolute Gasteiger partial charge is 0.312 e. The van der Waals surface area contributed by atoms with Crippen LogP contribution >= 0.6 is 0 Å². The highest BCUT2D eigenvalue weighted by Gasteiger charge is 2.22. The van der Waals surface area contributed by atoms with Gasteiger partial charge in [0.2, 0.25) is 0 Å². The number of nitrogens with zero attached hydrogens (tertiary/aromatic N) is 3. The van der Waals surface area contributed by atoms with Crippen molar-refractivity contribution < 1.29 is 9.18 Å². The van der Waals surface area contributed by atoms with Gasteiger partial charge in [-0.2, -0.15) is 0 Å². The Morgan fingerprint density at radius 1 is 1.18 bits per heavy atom. The Morgan fingerprint density at radius 2 is 1.97 bits per heavy atom. The number of nitrogens with one attached hydrogen (secondary N) is 1. The van der Waals surface area contributed by atoms with E-state index in [9.17, 15) is 9.18 Å². The molecule has 0 bridgehead atoms. The molecular weight excluding hydrogens is 415 g/mol. The monoisotopic (exact) mass is 446 g/mol. The van der Waals surface area contributed by atoms with Crippen molar-refractivity contribution in [3.05, 3.63) is 83.8 Å². The molecule has 2 aromatic carbocycles. The number of hydrogen-bond acceptors (Lipinski definition) is 4. The van der Waals surface area contributed by atoms with Gasteiger partial charge in [0.15, 0.2) is 0 Å². The lowest BCUT2D eigenvalue weighted by Gasteiger charge is -2.32. The van der Waals surface area contributed by atoms with Crippen molar-refractivity contribution in [2.24, 2.45) is 0 Å². The van der Waals surface area contributed by atoms with E-state index in [-0.39, 0.29) is 17.8 Å². The van der Waals surface area contributed by atoms with Crippen LogP contribution in [-0.2, 0) is 6.54 Å². The molecule has 0 unspecified atom stereocenters. The number of amides is 1. The van der Waals surface area contributed by atoms with Crippen LogP contribution in [0, 0.1) is 5.82 Å². The Hall–Kier alpha value is -3.09. The van der Waals surface area contributed by atoms with Crippen LogP contribution in [0.2, 0.25) is 0 Å².